The summed E-state index contributed by atoms with van der Waals surface area (Å²) in [4.78, 5) is 19.0. The zero-order chi connectivity index (χ0) is 21.5. The molecule has 1 saturated carbocycles. The summed E-state index contributed by atoms with van der Waals surface area (Å²) in [7, 11) is 0. The van der Waals surface area contributed by atoms with Crippen molar-refractivity contribution >= 4 is 5.91 Å². The lowest BCUT2D eigenvalue weighted by Gasteiger charge is -2.37. The van der Waals surface area contributed by atoms with Crippen molar-refractivity contribution in [2.24, 2.45) is 0 Å². The first-order valence-corrected chi connectivity index (χ1v) is 11.4. The van der Waals surface area contributed by atoms with E-state index in [0.717, 1.165) is 52.0 Å². The average Bonchev–Trinajstić information content (AvgIpc) is 3.28. The van der Waals surface area contributed by atoms with Crippen LogP contribution in [0.4, 0.5) is 0 Å². The van der Waals surface area contributed by atoms with Crippen LogP contribution in [0, 0.1) is 0 Å². The van der Waals surface area contributed by atoms with Crippen LogP contribution < -0.4 is 5.32 Å². The minimum Gasteiger partial charge on any atom is -0.391 e. The fourth-order valence-corrected chi connectivity index (χ4v) is 5.06. The fourth-order valence-electron chi connectivity index (χ4n) is 5.06. The van der Waals surface area contributed by atoms with Crippen molar-refractivity contribution in [3.05, 3.63) is 54.6 Å². The van der Waals surface area contributed by atoms with Gasteiger partial charge >= 0.3 is 0 Å². The summed E-state index contributed by atoms with van der Waals surface area (Å²) in [6, 6.07) is 10.7. The van der Waals surface area contributed by atoms with E-state index < -0.39 is 0 Å². The highest BCUT2D eigenvalue weighted by Crippen LogP contribution is 2.39. The third-order valence-corrected chi connectivity index (χ3v) is 6.96. The van der Waals surface area contributed by atoms with Crippen LogP contribution in [0.1, 0.15) is 37.7 Å². The van der Waals surface area contributed by atoms with Gasteiger partial charge in [0.25, 0.3) is 0 Å². The molecule has 7 heteroatoms. The van der Waals surface area contributed by atoms with Crippen LogP contribution in [0.2, 0.25) is 0 Å². The fraction of sp³-hybridized carbons (Fsp3) is 0.583. The topological polar surface area (TPSA) is 79.6 Å². The molecule has 2 aromatic rings. The number of aryl methyl sites for hydroxylation is 1. The number of ether oxygens (including phenoxy) is 1. The molecule has 0 radical (unpaired) electrons. The number of rotatable bonds is 7. The third kappa shape index (κ3) is 5.53. The smallest absolute Gasteiger partial charge is 0.221 e. The predicted octanol–water partition coefficient (Wildman–Crippen LogP) is 1.96. The van der Waals surface area contributed by atoms with Gasteiger partial charge in [0.05, 0.1) is 25.6 Å². The summed E-state index contributed by atoms with van der Waals surface area (Å²) < 4.78 is 7.42. The minimum atomic E-state index is -0.347. The van der Waals surface area contributed by atoms with Crippen LogP contribution in [0.5, 0.6) is 0 Å². The molecule has 4 rings (SSSR count). The van der Waals surface area contributed by atoms with E-state index in [-0.39, 0.29) is 23.5 Å². The van der Waals surface area contributed by atoms with Gasteiger partial charge in [-0.05, 0) is 31.2 Å². The summed E-state index contributed by atoms with van der Waals surface area (Å²) >= 11 is 0. The Kier molecular flexibility index (Phi) is 7.37. The number of hydrogen-bond acceptors (Lipinski definition) is 5. The molecule has 1 saturated heterocycles. The van der Waals surface area contributed by atoms with E-state index >= 15 is 0 Å². The van der Waals surface area contributed by atoms with Gasteiger partial charge in [-0.2, -0.15) is 0 Å². The molecule has 1 aromatic heterocycles. The Morgan fingerprint density at radius 2 is 1.97 bits per heavy atom. The number of aliphatic hydroxyl groups excluding tert-OH is 1. The second-order valence-electron chi connectivity index (χ2n) is 8.83. The SMILES string of the molecule is O=C(CCn1ccnc1)NC[C@]1(c2ccccc2)CC[C@H](O)[C@@H](N2CCOCC2)CC1. The van der Waals surface area contributed by atoms with Crippen molar-refractivity contribution in [1.29, 1.82) is 0 Å². The van der Waals surface area contributed by atoms with Gasteiger partial charge in [-0.15, -0.1) is 0 Å². The van der Waals surface area contributed by atoms with Crippen molar-refractivity contribution in [1.82, 2.24) is 19.8 Å². The molecule has 2 fully saturated rings. The lowest BCUT2D eigenvalue weighted by molar-refractivity contribution is -0.121. The largest absolute Gasteiger partial charge is 0.391 e. The van der Waals surface area contributed by atoms with Crippen LogP contribution in [-0.2, 0) is 21.5 Å². The summed E-state index contributed by atoms with van der Waals surface area (Å²) in [5.41, 5.74) is 1.09. The zero-order valence-corrected chi connectivity index (χ0v) is 18.2. The van der Waals surface area contributed by atoms with E-state index in [1.165, 1.54) is 5.56 Å². The lowest BCUT2D eigenvalue weighted by Crippen LogP contribution is -2.48. The number of imidazole rings is 1. The van der Waals surface area contributed by atoms with Crippen molar-refractivity contribution < 1.29 is 14.6 Å². The van der Waals surface area contributed by atoms with Gasteiger partial charge in [0.15, 0.2) is 0 Å². The Morgan fingerprint density at radius 3 is 2.71 bits per heavy atom. The van der Waals surface area contributed by atoms with Crippen molar-refractivity contribution in [2.45, 2.75) is 56.2 Å². The van der Waals surface area contributed by atoms with Gasteiger partial charge in [0.1, 0.15) is 0 Å². The normalized spacial score (nSPS) is 27.5. The molecule has 1 aliphatic heterocycles. The van der Waals surface area contributed by atoms with E-state index in [9.17, 15) is 9.90 Å². The molecule has 1 aromatic carbocycles. The number of amides is 1. The van der Waals surface area contributed by atoms with Gasteiger partial charge in [-0.1, -0.05) is 30.3 Å². The molecule has 31 heavy (non-hydrogen) atoms. The van der Waals surface area contributed by atoms with Gasteiger partial charge in [0.2, 0.25) is 5.91 Å². The number of nitrogens with zero attached hydrogens (tertiary/aromatic N) is 3. The van der Waals surface area contributed by atoms with Crippen LogP contribution >= 0.6 is 0 Å². The molecule has 2 N–H and O–H groups in total. The van der Waals surface area contributed by atoms with Crippen molar-refractivity contribution in [3.8, 4) is 0 Å². The second-order valence-corrected chi connectivity index (χ2v) is 8.83. The molecule has 2 aliphatic rings. The number of hydrogen-bond donors (Lipinski definition) is 2. The molecule has 0 unspecified atom stereocenters. The van der Waals surface area contributed by atoms with Gasteiger partial charge in [-0.25, -0.2) is 4.98 Å². The van der Waals surface area contributed by atoms with Crippen molar-refractivity contribution in [3.63, 3.8) is 0 Å². The predicted molar refractivity (Wildman–Crippen MR) is 119 cm³/mol. The molecule has 1 aliphatic carbocycles. The number of nitrogens with one attached hydrogen (secondary N) is 1. The highest BCUT2D eigenvalue weighted by atomic mass is 16.5. The Hall–Kier alpha value is -2.22. The number of benzene rings is 1. The van der Waals surface area contributed by atoms with Crippen LogP contribution in [-0.4, -0.2) is 70.5 Å². The number of carbonyl (C=O) groups is 1. The molecular weight excluding hydrogens is 392 g/mol. The highest BCUT2D eigenvalue weighted by molar-refractivity contribution is 5.76. The first kappa shape index (κ1) is 22.0. The zero-order valence-electron chi connectivity index (χ0n) is 18.2. The Labute approximate surface area is 184 Å². The highest BCUT2D eigenvalue weighted by Gasteiger charge is 2.40. The quantitative estimate of drug-likeness (QED) is 0.662. The molecule has 2 heterocycles. The minimum absolute atomic E-state index is 0.0542. The van der Waals surface area contributed by atoms with E-state index in [2.05, 4.69) is 39.5 Å². The summed E-state index contributed by atoms with van der Waals surface area (Å²) in [5, 5.41) is 14.2. The van der Waals surface area contributed by atoms with E-state index in [1.54, 1.807) is 12.5 Å². The monoisotopic (exact) mass is 426 g/mol. The number of carbonyl (C=O) groups excluding carboxylic acids is 1. The summed E-state index contributed by atoms with van der Waals surface area (Å²) in [6.45, 7) is 4.46. The molecule has 0 spiro atoms. The first-order valence-electron chi connectivity index (χ1n) is 11.4. The number of aliphatic hydroxyl groups is 1. The Balaban J connectivity index is 1.44. The van der Waals surface area contributed by atoms with Gasteiger partial charge < -0.3 is 19.7 Å². The van der Waals surface area contributed by atoms with Gasteiger partial charge in [-0.3, -0.25) is 9.69 Å². The standard InChI is InChI=1S/C24H34N4O3/c29-22-7-10-24(20-4-2-1-3-5-20,9-6-21(22)28-14-16-31-17-15-28)18-26-23(30)8-12-27-13-11-25-19-27/h1-5,11,13,19,21-22,29H,6-10,12,14-18H2,(H,26,30)/t21-,22-,24+/m0/s1. The van der Waals surface area contributed by atoms with Crippen LogP contribution in [0.25, 0.3) is 0 Å². The molecule has 0 bridgehead atoms. The van der Waals surface area contributed by atoms with Crippen LogP contribution in [0.3, 0.4) is 0 Å². The maximum absolute atomic E-state index is 12.6. The number of morpholine rings is 1. The van der Waals surface area contributed by atoms with E-state index in [1.807, 2.05) is 16.8 Å². The van der Waals surface area contributed by atoms with E-state index in [4.69, 9.17) is 4.74 Å². The molecule has 168 valence electrons. The average molecular weight is 427 g/mol. The summed E-state index contributed by atoms with van der Waals surface area (Å²) in [6.07, 6.45) is 8.88. The summed E-state index contributed by atoms with van der Waals surface area (Å²) in [5.74, 6) is 0.0542. The molecule has 1 amide bonds. The van der Waals surface area contributed by atoms with Gasteiger partial charge in [0, 0.05) is 56.5 Å². The maximum atomic E-state index is 12.6. The first-order chi connectivity index (χ1) is 15.2. The Bertz CT molecular complexity index is 807. The molecular formula is C24H34N4O3. The van der Waals surface area contributed by atoms with E-state index in [0.29, 0.717) is 19.5 Å². The van der Waals surface area contributed by atoms with Crippen molar-refractivity contribution in [2.75, 3.05) is 32.8 Å². The molecule has 3 atom stereocenters. The third-order valence-electron chi connectivity index (χ3n) is 6.96. The van der Waals surface area contributed by atoms with Crippen LogP contribution in [0.15, 0.2) is 49.1 Å². The Morgan fingerprint density at radius 1 is 1.19 bits per heavy atom. The number of aromatic nitrogens is 2. The maximum Gasteiger partial charge on any atom is 0.221 e. The lowest BCUT2D eigenvalue weighted by atomic mass is 9.74. The molecule has 7 nitrogen and oxygen atoms in total. The second kappa shape index (κ2) is 10.4.